The first kappa shape index (κ1) is 10.3. The van der Waals surface area contributed by atoms with E-state index >= 15 is 0 Å². The Morgan fingerprint density at radius 2 is 2.12 bits per heavy atom. The van der Waals surface area contributed by atoms with Crippen LogP contribution in [0.3, 0.4) is 0 Å². The molecule has 1 unspecified atom stereocenters. The Morgan fingerprint density at radius 3 is 2.71 bits per heavy atom. The fourth-order valence-corrected chi connectivity index (χ4v) is 2.63. The highest BCUT2D eigenvalue weighted by atomic mass is 16.5. The lowest BCUT2D eigenvalue weighted by Gasteiger charge is -2.14. The lowest BCUT2D eigenvalue weighted by atomic mass is 10.2. The van der Waals surface area contributed by atoms with Gasteiger partial charge in [0.25, 0.3) is 5.91 Å². The van der Waals surface area contributed by atoms with Gasteiger partial charge in [-0.15, -0.1) is 0 Å². The molecule has 1 atom stereocenters. The Bertz CT molecular complexity index is 467. The van der Waals surface area contributed by atoms with E-state index in [1.54, 1.807) is 18.7 Å². The van der Waals surface area contributed by atoms with Crippen molar-refractivity contribution in [2.75, 3.05) is 11.4 Å². The molecule has 3 rings (SSSR count). The zero-order valence-corrected chi connectivity index (χ0v) is 9.77. The minimum atomic E-state index is -0.281. The maximum atomic E-state index is 12.2. The Labute approximate surface area is 98.1 Å². The number of hydrogen-bond donors (Lipinski definition) is 0. The summed E-state index contributed by atoms with van der Waals surface area (Å²) in [6.45, 7) is 4.10. The summed E-state index contributed by atoms with van der Waals surface area (Å²) < 4.78 is 5.01. The van der Waals surface area contributed by atoms with Crippen LogP contribution < -0.4 is 4.90 Å². The van der Waals surface area contributed by atoms with Gasteiger partial charge < -0.3 is 9.42 Å². The monoisotopic (exact) mass is 235 g/mol. The minimum Gasteiger partial charge on any atom is -0.359 e. The van der Waals surface area contributed by atoms with Crippen molar-refractivity contribution < 1.29 is 14.1 Å². The zero-order chi connectivity index (χ0) is 12.2. The van der Waals surface area contributed by atoms with Crippen molar-refractivity contribution in [2.45, 2.75) is 32.7 Å². The Balaban J connectivity index is 2.05. The largest absolute Gasteiger partial charge is 0.359 e. The number of nitrogens with zero attached hydrogens (tertiary/aromatic N) is 3. The van der Waals surface area contributed by atoms with Crippen LogP contribution in [-0.2, 0) is 4.79 Å². The van der Waals surface area contributed by atoms with Crippen LogP contribution in [0.4, 0.5) is 10.5 Å². The third kappa shape index (κ3) is 1.23. The Kier molecular flexibility index (Phi) is 2.01. The molecular formula is C11H13N3O3. The molecule has 17 heavy (non-hydrogen) atoms. The predicted octanol–water partition coefficient (Wildman–Crippen LogP) is 1.22. The number of imide groups is 1. The maximum absolute atomic E-state index is 12.2. The van der Waals surface area contributed by atoms with Gasteiger partial charge in [-0.25, -0.2) is 9.69 Å². The molecule has 6 heteroatoms. The van der Waals surface area contributed by atoms with Crippen LogP contribution in [0.2, 0.25) is 0 Å². The molecule has 3 heterocycles. The van der Waals surface area contributed by atoms with E-state index in [9.17, 15) is 9.59 Å². The zero-order valence-electron chi connectivity index (χ0n) is 9.77. The van der Waals surface area contributed by atoms with Crippen LogP contribution in [0.25, 0.3) is 0 Å². The van der Waals surface area contributed by atoms with E-state index in [2.05, 4.69) is 5.16 Å². The van der Waals surface area contributed by atoms with Gasteiger partial charge in [-0.3, -0.25) is 4.79 Å². The first-order valence-electron chi connectivity index (χ1n) is 5.68. The van der Waals surface area contributed by atoms with Gasteiger partial charge in [0.2, 0.25) is 0 Å². The van der Waals surface area contributed by atoms with Crippen molar-refractivity contribution >= 4 is 17.6 Å². The third-order valence-corrected chi connectivity index (χ3v) is 3.41. The first-order valence-corrected chi connectivity index (χ1v) is 5.68. The summed E-state index contributed by atoms with van der Waals surface area (Å²) in [7, 11) is 0. The summed E-state index contributed by atoms with van der Waals surface area (Å²) in [6, 6.07) is -0.525. The molecule has 1 aromatic heterocycles. The lowest BCUT2D eigenvalue weighted by Crippen LogP contribution is -2.33. The molecule has 2 fully saturated rings. The number of aryl methyl sites for hydroxylation is 2. The van der Waals surface area contributed by atoms with Crippen molar-refractivity contribution in [3.05, 3.63) is 11.5 Å². The molecule has 90 valence electrons. The molecule has 6 nitrogen and oxygen atoms in total. The van der Waals surface area contributed by atoms with Crippen LogP contribution in [0.15, 0.2) is 4.52 Å². The van der Waals surface area contributed by atoms with Crippen LogP contribution >= 0.6 is 0 Å². The number of fused-ring (bicyclic) bond motifs is 1. The van der Waals surface area contributed by atoms with Crippen molar-refractivity contribution in [3.8, 4) is 0 Å². The van der Waals surface area contributed by atoms with Crippen LogP contribution in [0.1, 0.15) is 24.3 Å². The van der Waals surface area contributed by atoms with Gasteiger partial charge in [0, 0.05) is 6.54 Å². The molecule has 0 bridgehead atoms. The highest BCUT2D eigenvalue weighted by molar-refractivity contribution is 6.22. The normalized spacial score (nSPS) is 23.8. The number of carbonyl (C=O) groups excluding carboxylic acids is 2. The van der Waals surface area contributed by atoms with E-state index < -0.39 is 0 Å². The average Bonchev–Trinajstić information content (AvgIpc) is 2.93. The van der Waals surface area contributed by atoms with Gasteiger partial charge in [0.05, 0.1) is 0 Å². The van der Waals surface area contributed by atoms with Crippen molar-refractivity contribution in [1.29, 1.82) is 0 Å². The molecule has 0 radical (unpaired) electrons. The van der Waals surface area contributed by atoms with E-state index in [1.165, 1.54) is 4.90 Å². The SMILES string of the molecule is Cc1noc(C)c1N1C(=O)C2CCCN2C1=O. The summed E-state index contributed by atoms with van der Waals surface area (Å²) in [5, 5.41) is 3.78. The Morgan fingerprint density at radius 1 is 1.35 bits per heavy atom. The predicted molar refractivity (Wildman–Crippen MR) is 58.6 cm³/mol. The smallest absolute Gasteiger partial charge is 0.332 e. The molecule has 0 spiro atoms. The second-order valence-corrected chi connectivity index (χ2v) is 4.48. The van der Waals surface area contributed by atoms with Gasteiger partial charge in [-0.2, -0.15) is 0 Å². The summed E-state index contributed by atoms with van der Waals surface area (Å²) >= 11 is 0. The molecule has 0 saturated carbocycles. The Hall–Kier alpha value is -1.85. The van der Waals surface area contributed by atoms with Crippen LogP contribution in [0, 0.1) is 13.8 Å². The van der Waals surface area contributed by atoms with E-state index in [4.69, 9.17) is 4.52 Å². The third-order valence-electron chi connectivity index (χ3n) is 3.41. The molecule has 1 aromatic rings. The second-order valence-electron chi connectivity index (χ2n) is 4.48. The maximum Gasteiger partial charge on any atom is 0.332 e. The van der Waals surface area contributed by atoms with Gasteiger partial charge in [0.1, 0.15) is 17.4 Å². The molecule has 0 aliphatic carbocycles. The van der Waals surface area contributed by atoms with Gasteiger partial charge in [-0.05, 0) is 26.7 Å². The first-order chi connectivity index (χ1) is 8.11. The standard InChI is InChI=1S/C11H13N3O3/c1-6-9(7(2)17-12-6)14-10(15)8-4-3-5-13(8)11(14)16/h8H,3-5H2,1-2H3. The van der Waals surface area contributed by atoms with E-state index in [0.29, 0.717) is 23.7 Å². The number of carbonyl (C=O) groups is 2. The molecule has 2 aliphatic heterocycles. The number of rotatable bonds is 1. The molecule has 2 saturated heterocycles. The number of hydrogen-bond acceptors (Lipinski definition) is 4. The van der Waals surface area contributed by atoms with Gasteiger partial charge in [0.15, 0.2) is 5.76 Å². The molecule has 2 aliphatic rings. The highest BCUT2D eigenvalue weighted by Gasteiger charge is 2.49. The fourth-order valence-electron chi connectivity index (χ4n) is 2.63. The molecule has 3 amide bonds. The second kappa shape index (κ2) is 3.32. The topological polar surface area (TPSA) is 66.7 Å². The van der Waals surface area contributed by atoms with Crippen LogP contribution in [-0.4, -0.2) is 34.6 Å². The summed E-state index contributed by atoms with van der Waals surface area (Å²) in [6.07, 6.45) is 1.65. The minimum absolute atomic E-state index is 0.151. The van der Waals surface area contributed by atoms with Crippen LogP contribution in [0.5, 0.6) is 0 Å². The summed E-state index contributed by atoms with van der Waals surface area (Å²) in [5.41, 5.74) is 1.08. The number of urea groups is 1. The van der Waals surface area contributed by atoms with E-state index in [0.717, 1.165) is 12.8 Å². The number of anilines is 1. The van der Waals surface area contributed by atoms with E-state index in [-0.39, 0.29) is 18.0 Å². The molecular weight excluding hydrogens is 222 g/mol. The van der Waals surface area contributed by atoms with Gasteiger partial charge in [-0.1, -0.05) is 5.16 Å². The fraction of sp³-hybridized carbons (Fsp3) is 0.545. The highest BCUT2D eigenvalue weighted by Crippen LogP contribution is 2.34. The van der Waals surface area contributed by atoms with Gasteiger partial charge >= 0.3 is 6.03 Å². The number of aromatic nitrogens is 1. The molecule has 0 aromatic carbocycles. The average molecular weight is 235 g/mol. The number of amides is 3. The van der Waals surface area contributed by atoms with E-state index in [1.807, 2.05) is 0 Å². The van der Waals surface area contributed by atoms with Crippen molar-refractivity contribution in [2.24, 2.45) is 0 Å². The molecule has 0 N–H and O–H groups in total. The summed E-state index contributed by atoms with van der Waals surface area (Å²) in [4.78, 5) is 27.2. The van der Waals surface area contributed by atoms with Crippen molar-refractivity contribution in [1.82, 2.24) is 10.1 Å². The van der Waals surface area contributed by atoms with Crippen molar-refractivity contribution in [3.63, 3.8) is 0 Å². The quantitative estimate of drug-likeness (QED) is 0.686. The lowest BCUT2D eigenvalue weighted by molar-refractivity contribution is -0.119. The summed E-state index contributed by atoms with van der Waals surface area (Å²) in [5.74, 6) is 0.354.